The lowest BCUT2D eigenvalue weighted by Crippen LogP contribution is -2.38. The molecule has 4 nitrogen and oxygen atoms in total. The van der Waals surface area contributed by atoms with Gasteiger partial charge in [-0.15, -0.1) is 0 Å². The Hall–Kier alpha value is -1.91. The molecule has 1 aliphatic rings. The molecule has 22 heavy (non-hydrogen) atoms. The van der Waals surface area contributed by atoms with Crippen molar-refractivity contribution >= 4 is 17.5 Å². The second-order valence-electron chi connectivity index (χ2n) is 5.71. The Bertz CT molecular complexity index is 524. The first-order valence-corrected chi connectivity index (χ1v) is 7.91. The van der Waals surface area contributed by atoms with Crippen LogP contribution in [0.3, 0.4) is 0 Å². The molecule has 1 unspecified atom stereocenters. The monoisotopic (exact) mass is 306 g/mol. The Balaban J connectivity index is 2.07. The van der Waals surface area contributed by atoms with E-state index in [1.807, 2.05) is 18.7 Å². The van der Waals surface area contributed by atoms with E-state index in [1.165, 1.54) is 12.1 Å². The number of anilines is 1. The number of rotatable bonds is 6. The summed E-state index contributed by atoms with van der Waals surface area (Å²) in [6.07, 6.45) is 2.06. The molecule has 5 heteroatoms. The molecule has 0 bridgehead atoms. The van der Waals surface area contributed by atoms with Gasteiger partial charge in [0, 0.05) is 31.7 Å². The molecule has 2 amide bonds. The van der Waals surface area contributed by atoms with Crippen molar-refractivity contribution in [3.05, 3.63) is 30.1 Å². The predicted molar refractivity (Wildman–Crippen MR) is 84.0 cm³/mol. The summed E-state index contributed by atoms with van der Waals surface area (Å²) in [4.78, 5) is 28.2. The average molecular weight is 306 g/mol. The number of nitrogens with zero attached hydrogens (tertiary/aromatic N) is 2. The first-order valence-electron chi connectivity index (χ1n) is 7.91. The fourth-order valence-electron chi connectivity index (χ4n) is 2.87. The molecule has 1 aromatic carbocycles. The van der Waals surface area contributed by atoms with Crippen molar-refractivity contribution in [1.29, 1.82) is 0 Å². The summed E-state index contributed by atoms with van der Waals surface area (Å²) in [5.41, 5.74) is 0.652. The van der Waals surface area contributed by atoms with Gasteiger partial charge in [-0.2, -0.15) is 0 Å². The van der Waals surface area contributed by atoms with Crippen LogP contribution in [0.15, 0.2) is 24.3 Å². The second-order valence-corrected chi connectivity index (χ2v) is 5.71. The number of benzene rings is 1. The molecule has 1 heterocycles. The summed E-state index contributed by atoms with van der Waals surface area (Å²) in [7, 11) is 0. The maximum atomic E-state index is 13.0. The highest BCUT2D eigenvalue weighted by molar-refractivity contribution is 6.00. The fourth-order valence-corrected chi connectivity index (χ4v) is 2.87. The molecule has 1 fully saturated rings. The van der Waals surface area contributed by atoms with E-state index in [0.29, 0.717) is 12.2 Å². The van der Waals surface area contributed by atoms with E-state index in [1.54, 1.807) is 17.0 Å². The largest absolute Gasteiger partial charge is 0.342 e. The van der Waals surface area contributed by atoms with Gasteiger partial charge in [-0.25, -0.2) is 4.39 Å². The summed E-state index contributed by atoms with van der Waals surface area (Å²) in [6.45, 7) is 5.93. The van der Waals surface area contributed by atoms with Gasteiger partial charge in [-0.05, 0) is 37.1 Å². The normalized spacial score (nSPS) is 17.9. The van der Waals surface area contributed by atoms with Gasteiger partial charge in [-0.1, -0.05) is 13.8 Å². The van der Waals surface area contributed by atoms with Gasteiger partial charge in [-0.3, -0.25) is 9.59 Å². The van der Waals surface area contributed by atoms with Crippen LogP contribution in [-0.4, -0.2) is 36.3 Å². The van der Waals surface area contributed by atoms with E-state index in [0.717, 1.165) is 25.9 Å². The number of carbonyl (C=O) groups excluding carboxylic acids is 2. The Morgan fingerprint density at radius 2 is 1.82 bits per heavy atom. The van der Waals surface area contributed by atoms with Crippen molar-refractivity contribution < 1.29 is 14.0 Å². The lowest BCUT2D eigenvalue weighted by atomic mass is 10.1. The Morgan fingerprint density at radius 3 is 2.36 bits per heavy atom. The summed E-state index contributed by atoms with van der Waals surface area (Å²) < 4.78 is 13.0. The van der Waals surface area contributed by atoms with Crippen LogP contribution in [0.4, 0.5) is 10.1 Å². The number of amides is 2. The number of hydrogen-bond acceptors (Lipinski definition) is 2. The van der Waals surface area contributed by atoms with E-state index in [-0.39, 0.29) is 30.0 Å². The summed E-state index contributed by atoms with van der Waals surface area (Å²) >= 11 is 0. The standard InChI is InChI=1S/C17H23FN2O2/c1-3-9-19(10-4-2)17(22)13-11-16(21)20(12-13)15-7-5-14(18)6-8-15/h5-8,13H,3-4,9-12H2,1-2H3. The third kappa shape index (κ3) is 3.64. The Labute approximate surface area is 130 Å². The van der Waals surface area contributed by atoms with E-state index in [2.05, 4.69) is 0 Å². The third-order valence-corrected chi connectivity index (χ3v) is 3.91. The molecule has 0 radical (unpaired) electrons. The SMILES string of the molecule is CCCN(CCC)C(=O)C1CC(=O)N(c2ccc(F)cc2)C1. The molecule has 0 N–H and O–H groups in total. The van der Waals surface area contributed by atoms with Gasteiger partial charge in [0.15, 0.2) is 0 Å². The first kappa shape index (κ1) is 16.5. The topological polar surface area (TPSA) is 40.6 Å². The van der Waals surface area contributed by atoms with Crippen LogP contribution in [0.25, 0.3) is 0 Å². The van der Waals surface area contributed by atoms with Crippen molar-refractivity contribution in [2.75, 3.05) is 24.5 Å². The molecule has 2 rings (SSSR count). The van der Waals surface area contributed by atoms with Crippen molar-refractivity contribution in [1.82, 2.24) is 4.90 Å². The summed E-state index contributed by atoms with van der Waals surface area (Å²) in [5, 5.41) is 0. The number of hydrogen-bond donors (Lipinski definition) is 0. The van der Waals surface area contributed by atoms with Crippen molar-refractivity contribution in [2.24, 2.45) is 5.92 Å². The zero-order valence-corrected chi connectivity index (χ0v) is 13.2. The molecule has 1 aliphatic heterocycles. The minimum atomic E-state index is -0.333. The molecule has 0 spiro atoms. The molecule has 1 saturated heterocycles. The number of halogens is 1. The first-order chi connectivity index (χ1) is 10.6. The Kier molecular flexibility index (Phi) is 5.52. The third-order valence-electron chi connectivity index (χ3n) is 3.91. The van der Waals surface area contributed by atoms with Crippen LogP contribution >= 0.6 is 0 Å². The zero-order valence-electron chi connectivity index (χ0n) is 13.2. The molecule has 0 aromatic heterocycles. The highest BCUT2D eigenvalue weighted by Gasteiger charge is 2.36. The minimum absolute atomic E-state index is 0.0571. The summed E-state index contributed by atoms with van der Waals surface area (Å²) in [6, 6.07) is 5.82. The van der Waals surface area contributed by atoms with Crippen LogP contribution in [0.5, 0.6) is 0 Å². The van der Waals surface area contributed by atoms with E-state index >= 15 is 0 Å². The van der Waals surface area contributed by atoms with Crippen molar-refractivity contribution in [3.63, 3.8) is 0 Å². The maximum Gasteiger partial charge on any atom is 0.228 e. The van der Waals surface area contributed by atoms with Crippen LogP contribution < -0.4 is 4.90 Å². The zero-order chi connectivity index (χ0) is 16.1. The van der Waals surface area contributed by atoms with Crippen LogP contribution in [0, 0.1) is 11.7 Å². The average Bonchev–Trinajstić information content (AvgIpc) is 2.89. The molecular weight excluding hydrogens is 283 g/mol. The molecule has 1 aromatic rings. The smallest absolute Gasteiger partial charge is 0.228 e. The van der Waals surface area contributed by atoms with Crippen molar-refractivity contribution in [2.45, 2.75) is 33.1 Å². The van der Waals surface area contributed by atoms with E-state index in [9.17, 15) is 14.0 Å². The lowest BCUT2D eigenvalue weighted by Gasteiger charge is -2.24. The lowest BCUT2D eigenvalue weighted by molar-refractivity contribution is -0.135. The quantitative estimate of drug-likeness (QED) is 0.811. The molecule has 120 valence electrons. The molecule has 1 atom stereocenters. The minimum Gasteiger partial charge on any atom is -0.342 e. The van der Waals surface area contributed by atoms with Crippen molar-refractivity contribution in [3.8, 4) is 0 Å². The van der Waals surface area contributed by atoms with Gasteiger partial charge in [0.2, 0.25) is 11.8 Å². The highest BCUT2D eigenvalue weighted by Crippen LogP contribution is 2.26. The van der Waals surface area contributed by atoms with Gasteiger partial charge < -0.3 is 9.80 Å². The van der Waals surface area contributed by atoms with Crippen LogP contribution in [0.1, 0.15) is 33.1 Å². The molecule has 0 saturated carbocycles. The molecular formula is C17H23FN2O2. The van der Waals surface area contributed by atoms with Gasteiger partial charge in [0.05, 0.1) is 5.92 Å². The number of carbonyl (C=O) groups is 2. The summed E-state index contributed by atoms with van der Waals surface area (Å²) in [5.74, 6) is -0.643. The van der Waals surface area contributed by atoms with E-state index in [4.69, 9.17) is 0 Å². The second kappa shape index (κ2) is 7.38. The molecule has 0 aliphatic carbocycles. The predicted octanol–water partition coefficient (Wildman–Crippen LogP) is 2.83. The fraction of sp³-hybridized carbons (Fsp3) is 0.529. The Morgan fingerprint density at radius 1 is 1.23 bits per heavy atom. The highest BCUT2D eigenvalue weighted by atomic mass is 19.1. The van der Waals surface area contributed by atoms with Gasteiger partial charge in [0.1, 0.15) is 5.82 Å². The van der Waals surface area contributed by atoms with Crippen LogP contribution in [0.2, 0.25) is 0 Å². The van der Waals surface area contributed by atoms with Crippen LogP contribution in [-0.2, 0) is 9.59 Å². The van der Waals surface area contributed by atoms with E-state index < -0.39 is 0 Å². The van der Waals surface area contributed by atoms with Gasteiger partial charge >= 0.3 is 0 Å². The van der Waals surface area contributed by atoms with Gasteiger partial charge in [0.25, 0.3) is 0 Å². The maximum absolute atomic E-state index is 13.0.